The number of benzene rings is 2. The van der Waals surface area contributed by atoms with Gasteiger partial charge in [-0.15, -0.1) is 10.2 Å². The predicted molar refractivity (Wildman–Crippen MR) is 96.6 cm³/mol. The molecule has 0 saturated heterocycles. The van der Waals surface area contributed by atoms with Gasteiger partial charge < -0.3 is 14.0 Å². The van der Waals surface area contributed by atoms with Gasteiger partial charge in [0.15, 0.2) is 11.0 Å². The van der Waals surface area contributed by atoms with Crippen LogP contribution in [0.4, 0.5) is 0 Å². The van der Waals surface area contributed by atoms with Crippen LogP contribution in [0, 0.1) is 0 Å². The molecule has 0 amide bonds. The molecule has 1 heterocycles. The van der Waals surface area contributed by atoms with Crippen LogP contribution in [0.5, 0.6) is 5.75 Å². The van der Waals surface area contributed by atoms with Gasteiger partial charge in [0.05, 0.1) is 7.11 Å². The first kappa shape index (κ1) is 17.3. The van der Waals surface area contributed by atoms with Crippen molar-refractivity contribution in [3.05, 3.63) is 48.3 Å². The molecule has 2 aromatic carbocycles. The first-order valence-electron chi connectivity index (χ1n) is 7.83. The number of esters is 1. The van der Waals surface area contributed by atoms with Crippen molar-refractivity contribution < 1.29 is 14.3 Å². The highest BCUT2D eigenvalue weighted by molar-refractivity contribution is 8.00. The average molecular weight is 357 g/mol. The van der Waals surface area contributed by atoms with Crippen LogP contribution < -0.4 is 4.74 Å². The van der Waals surface area contributed by atoms with Crippen LogP contribution >= 0.6 is 11.8 Å². The summed E-state index contributed by atoms with van der Waals surface area (Å²) in [5.74, 6) is 1.20. The molecule has 0 aliphatic heterocycles. The third-order valence-corrected chi connectivity index (χ3v) is 4.96. The maximum atomic E-state index is 11.5. The summed E-state index contributed by atoms with van der Waals surface area (Å²) in [4.78, 5) is 11.5. The van der Waals surface area contributed by atoms with Crippen LogP contribution in [0.15, 0.2) is 47.6 Å². The van der Waals surface area contributed by atoms with E-state index in [-0.39, 0.29) is 11.2 Å². The highest BCUT2D eigenvalue weighted by Gasteiger charge is 2.19. The van der Waals surface area contributed by atoms with Gasteiger partial charge in [-0.05, 0) is 18.4 Å². The molecule has 0 N–H and O–H groups in total. The van der Waals surface area contributed by atoms with E-state index in [0.717, 1.165) is 16.5 Å². The molecule has 0 spiro atoms. The van der Waals surface area contributed by atoms with Crippen molar-refractivity contribution in [2.45, 2.75) is 23.9 Å². The number of hydrogen-bond donors (Lipinski definition) is 0. The van der Waals surface area contributed by atoms with Crippen molar-refractivity contribution in [1.29, 1.82) is 0 Å². The van der Waals surface area contributed by atoms with E-state index in [1.54, 1.807) is 6.92 Å². The second-order valence-corrected chi connectivity index (χ2v) is 6.81. The van der Waals surface area contributed by atoms with Gasteiger partial charge >= 0.3 is 5.97 Å². The molecule has 3 rings (SSSR count). The van der Waals surface area contributed by atoms with Gasteiger partial charge in [-0.25, -0.2) is 0 Å². The van der Waals surface area contributed by atoms with Crippen molar-refractivity contribution in [2.75, 3.05) is 7.11 Å². The molecule has 130 valence electrons. The molecule has 0 bridgehead atoms. The SMILES string of the molecule is COC(=O)C(C)Sc1nnc(COc2cccc3ccccc23)n1C. The Balaban J connectivity index is 1.72. The molecule has 6 nitrogen and oxygen atoms in total. The fourth-order valence-electron chi connectivity index (χ4n) is 2.41. The Kier molecular flexibility index (Phi) is 5.23. The lowest BCUT2D eigenvalue weighted by atomic mass is 10.1. The Bertz CT molecular complexity index is 889. The van der Waals surface area contributed by atoms with E-state index in [1.807, 2.05) is 54.1 Å². The average Bonchev–Trinajstić information content (AvgIpc) is 2.99. The molecule has 7 heteroatoms. The van der Waals surface area contributed by atoms with E-state index in [1.165, 1.54) is 18.9 Å². The maximum Gasteiger partial charge on any atom is 0.318 e. The number of thioether (sulfide) groups is 1. The molecule has 1 unspecified atom stereocenters. The summed E-state index contributed by atoms with van der Waals surface area (Å²) in [5.41, 5.74) is 0. The van der Waals surface area contributed by atoms with Gasteiger partial charge in [0.2, 0.25) is 0 Å². The zero-order valence-electron chi connectivity index (χ0n) is 14.3. The van der Waals surface area contributed by atoms with Crippen LogP contribution in [0.25, 0.3) is 10.8 Å². The number of rotatable bonds is 6. The fraction of sp³-hybridized carbons (Fsp3) is 0.278. The Morgan fingerprint density at radius 3 is 2.76 bits per heavy atom. The van der Waals surface area contributed by atoms with E-state index < -0.39 is 0 Å². The van der Waals surface area contributed by atoms with Crippen molar-refractivity contribution >= 4 is 28.5 Å². The Morgan fingerprint density at radius 1 is 1.20 bits per heavy atom. The van der Waals surface area contributed by atoms with E-state index in [2.05, 4.69) is 10.2 Å². The predicted octanol–water partition coefficient (Wildman–Crippen LogP) is 3.20. The highest BCUT2D eigenvalue weighted by Crippen LogP contribution is 2.26. The Labute approximate surface area is 150 Å². The molecule has 1 atom stereocenters. The summed E-state index contributed by atoms with van der Waals surface area (Å²) in [6.45, 7) is 2.07. The molecule has 0 radical (unpaired) electrons. The Morgan fingerprint density at radius 2 is 1.96 bits per heavy atom. The van der Waals surface area contributed by atoms with Crippen LogP contribution in [0.2, 0.25) is 0 Å². The van der Waals surface area contributed by atoms with Gasteiger partial charge in [-0.2, -0.15) is 0 Å². The molecule has 0 aliphatic carbocycles. The number of hydrogen-bond acceptors (Lipinski definition) is 6. The number of ether oxygens (including phenoxy) is 2. The summed E-state index contributed by atoms with van der Waals surface area (Å²) in [6, 6.07) is 14.0. The van der Waals surface area contributed by atoms with Gasteiger partial charge in [-0.1, -0.05) is 48.2 Å². The number of fused-ring (bicyclic) bond motifs is 1. The smallest absolute Gasteiger partial charge is 0.318 e. The van der Waals surface area contributed by atoms with Crippen molar-refractivity contribution in [3.63, 3.8) is 0 Å². The minimum absolute atomic E-state index is 0.290. The van der Waals surface area contributed by atoms with Crippen molar-refractivity contribution in [2.24, 2.45) is 7.05 Å². The van der Waals surface area contributed by atoms with Crippen molar-refractivity contribution in [3.8, 4) is 5.75 Å². The van der Waals surface area contributed by atoms with E-state index in [4.69, 9.17) is 9.47 Å². The fourth-order valence-corrected chi connectivity index (χ4v) is 3.27. The minimum atomic E-state index is -0.347. The first-order valence-corrected chi connectivity index (χ1v) is 8.71. The molecule has 3 aromatic rings. The normalized spacial score (nSPS) is 12.1. The second kappa shape index (κ2) is 7.57. The van der Waals surface area contributed by atoms with E-state index in [9.17, 15) is 4.79 Å². The van der Waals surface area contributed by atoms with Crippen LogP contribution in [-0.2, 0) is 23.2 Å². The van der Waals surface area contributed by atoms with Crippen LogP contribution in [-0.4, -0.2) is 33.1 Å². The standard InChI is InChI=1S/C18H19N3O3S/c1-12(17(22)23-3)25-18-20-19-16(21(18)2)11-24-15-10-6-8-13-7-4-5-9-14(13)15/h4-10,12H,11H2,1-3H3. The summed E-state index contributed by atoms with van der Waals surface area (Å²) in [6.07, 6.45) is 0. The number of methoxy groups -OCH3 is 1. The summed E-state index contributed by atoms with van der Waals surface area (Å²) in [7, 11) is 3.23. The third-order valence-electron chi connectivity index (χ3n) is 3.85. The molecule has 1 aromatic heterocycles. The van der Waals surface area contributed by atoms with Crippen LogP contribution in [0.3, 0.4) is 0 Å². The first-order chi connectivity index (χ1) is 12.1. The number of aromatic nitrogens is 3. The Hall–Kier alpha value is -2.54. The number of carbonyl (C=O) groups excluding carboxylic acids is 1. The third kappa shape index (κ3) is 3.76. The van der Waals surface area contributed by atoms with E-state index in [0.29, 0.717) is 17.6 Å². The molecule has 0 fully saturated rings. The van der Waals surface area contributed by atoms with Gasteiger partial charge in [0.1, 0.15) is 17.6 Å². The lowest BCUT2D eigenvalue weighted by Gasteiger charge is -2.10. The largest absolute Gasteiger partial charge is 0.485 e. The van der Waals surface area contributed by atoms with Gasteiger partial charge in [0, 0.05) is 12.4 Å². The molecule has 0 saturated carbocycles. The van der Waals surface area contributed by atoms with Crippen LogP contribution in [0.1, 0.15) is 12.7 Å². The number of carbonyl (C=O) groups is 1. The maximum absolute atomic E-state index is 11.5. The molecule has 0 aliphatic rings. The summed E-state index contributed by atoms with van der Waals surface area (Å²) in [5, 5.41) is 10.8. The van der Waals surface area contributed by atoms with Crippen molar-refractivity contribution in [1.82, 2.24) is 14.8 Å². The zero-order chi connectivity index (χ0) is 17.8. The minimum Gasteiger partial charge on any atom is -0.485 e. The second-order valence-electron chi connectivity index (χ2n) is 5.51. The summed E-state index contributed by atoms with van der Waals surface area (Å²) < 4.78 is 12.5. The molecular formula is C18H19N3O3S. The van der Waals surface area contributed by atoms with E-state index >= 15 is 0 Å². The van der Waals surface area contributed by atoms with Gasteiger partial charge in [-0.3, -0.25) is 4.79 Å². The zero-order valence-corrected chi connectivity index (χ0v) is 15.1. The molecular weight excluding hydrogens is 338 g/mol. The monoisotopic (exact) mass is 357 g/mol. The topological polar surface area (TPSA) is 66.2 Å². The lowest BCUT2D eigenvalue weighted by molar-refractivity contribution is -0.139. The highest BCUT2D eigenvalue weighted by atomic mass is 32.2. The summed E-state index contributed by atoms with van der Waals surface area (Å²) >= 11 is 1.31. The molecule has 25 heavy (non-hydrogen) atoms. The van der Waals surface area contributed by atoms with Gasteiger partial charge in [0.25, 0.3) is 0 Å². The number of nitrogens with zero attached hydrogens (tertiary/aromatic N) is 3. The lowest BCUT2D eigenvalue weighted by Crippen LogP contribution is -2.15. The quantitative estimate of drug-likeness (QED) is 0.499.